The average Bonchev–Trinajstić information content (AvgIpc) is 3.04. The van der Waals surface area contributed by atoms with Crippen LogP contribution in [0.15, 0.2) is 30.5 Å². The monoisotopic (exact) mass is 503 g/mol. The van der Waals surface area contributed by atoms with E-state index in [-0.39, 0.29) is 21.7 Å². The van der Waals surface area contributed by atoms with Gasteiger partial charge in [-0.1, -0.05) is 23.2 Å². The Kier molecular flexibility index (Phi) is 6.75. The highest BCUT2D eigenvalue weighted by Gasteiger charge is 2.29. The van der Waals surface area contributed by atoms with Gasteiger partial charge in [-0.15, -0.1) is 11.3 Å². The molecular formula is C18H19Cl2N5O4S2. The lowest BCUT2D eigenvalue weighted by Gasteiger charge is -2.24. The summed E-state index contributed by atoms with van der Waals surface area (Å²) < 4.78 is 31.4. The zero-order valence-corrected chi connectivity index (χ0v) is 19.7. The van der Waals surface area contributed by atoms with Crippen LogP contribution in [0.3, 0.4) is 0 Å². The molecule has 0 aliphatic carbocycles. The molecule has 3 aromatic rings. The summed E-state index contributed by atoms with van der Waals surface area (Å²) in [5, 5.41) is 12.3. The molecule has 31 heavy (non-hydrogen) atoms. The van der Waals surface area contributed by atoms with Crippen LogP contribution in [-0.2, 0) is 10.2 Å². The SMILES string of the molecule is CC(C)(C)NS(=O)(=O)N[C@@H](c1cc2ccnc(Cl)c2s1)c1nc(NC(=O)O)ccc1Cl. The van der Waals surface area contributed by atoms with Crippen LogP contribution >= 0.6 is 34.5 Å². The minimum Gasteiger partial charge on any atom is -0.465 e. The molecule has 13 heteroatoms. The number of hydrogen-bond acceptors (Lipinski definition) is 6. The fourth-order valence-corrected chi connectivity index (χ4v) is 5.85. The maximum absolute atomic E-state index is 12.8. The number of carboxylic acid groups (broad SMARTS) is 1. The van der Waals surface area contributed by atoms with Gasteiger partial charge in [0.05, 0.1) is 15.4 Å². The van der Waals surface area contributed by atoms with Crippen molar-refractivity contribution in [2.75, 3.05) is 5.32 Å². The van der Waals surface area contributed by atoms with E-state index in [2.05, 4.69) is 24.7 Å². The van der Waals surface area contributed by atoms with Gasteiger partial charge >= 0.3 is 6.09 Å². The Morgan fingerprint density at radius 3 is 2.55 bits per heavy atom. The predicted octanol–water partition coefficient (Wildman–Crippen LogP) is 4.40. The molecule has 0 radical (unpaired) electrons. The van der Waals surface area contributed by atoms with E-state index in [0.717, 1.165) is 5.39 Å². The summed E-state index contributed by atoms with van der Waals surface area (Å²) in [7, 11) is -4.01. The third kappa shape index (κ3) is 6.03. The van der Waals surface area contributed by atoms with Crippen LogP contribution < -0.4 is 14.8 Å². The van der Waals surface area contributed by atoms with Crippen LogP contribution in [0.5, 0.6) is 0 Å². The second-order valence-electron chi connectivity index (χ2n) is 7.57. The lowest BCUT2D eigenvalue weighted by atomic mass is 10.1. The minimum atomic E-state index is -4.01. The van der Waals surface area contributed by atoms with Crippen LogP contribution in [-0.4, -0.2) is 35.1 Å². The summed E-state index contributed by atoms with van der Waals surface area (Å²) in [5.74, 6) is 0.000638. The van der Waals surface area contributed by atoms with E-state index in [1.807, 2.05) is 0 Å². The highest BCUT2D eigenvalue weighted by atomic mass is 35.5. The molecule has 0 aliphatic rings. The molecule has 166 valence electrons. The molecule has 0 unspecified atom stereocenters. The molecule has 9 nitrogen and oxygen atoms in total. The molecular weight excluding hydrogens is 485 g/mol. The van der Waals surface area contributed by atoms with Gasteiger partial charge in [-0.3, -0.25) is 5.32 Å². The van der Waals surface area contributed by atoms with Gasteiger partial charge in [0.25, 0.3) is 10.2 Å². The first-order valence-electron chi connectivity index (χ1n) is 8.86. The Morgan fingerprint density at radius 1 is 1.23 bits per heavy atom. The molecule has 0 aliphatic heterocycles. The van der Waals surface area contributed by atoms with Gasteiger partial charge in [-0.2, -0.15) is 17.9 Å². The Balaban J connectivity index is 2.14. The van der Waals surface area contributed by atoms with Crippen LogP contribution in [0.2, 0.25) is 10.2 Å². The van der Waals surface area contributed by atoms with Crippen molar-refractivity contribution in [3.63, 3.8) is 0 Å². The van der Waals surface area contributed by atoms with Crippen LogP contribution in [0.25, 0.3) is 10.1 Å². The van der Waals surface area contributed by atoms with Crippen molar-refractivity contribution >= 4 is 66.7 Å². The summed E-state index contributed by atoms with van der Waals surface area (Å²) in [6, 6.07) is 5.31. The second-order valence-corrected chi connectivity index (χ2v) is 10.9. The molecule has 0 aromatic carbocycles. The summed E-state index contributed by atoms with van der Waals surface area (Å²) in [6.45, 7) is 5.11. The van der Waals surface area contributed by atoms with Gasteiger partial charge in [0.1, 0.15) is 17.0 Å². The number of rotatable bonds is 6. The molecule has 3 heterocycles. The van der Waals surface area contributed by atoms with Gasteiger partial charge in [0.15, 0.2) is 0 Å². The van der Waals surface area contributed by atoms with Gasteiger partial charge in [0.2, 0.25) is 0 Å². The van der Waals surface area contributed by atoms with Crippen molar-refractivity contribution in [1.29, 1.82) is 0 Å². The molecule has 0 saturated carbocycles. The third-order valence-corrected chi connectivity index (χ3v) is 7.16. The number of amides is 1. The number of aromatic nitrogens is 2. The zero-order chi connectivity index (χ0) is 23.0. The van der Waals surface area contributed by atoms with Crippen molar-refractivity contribution in [1.82, 2.24) is 19.4 Å². The average molecular weight is 504 g/mol. The zero-order valence-electron chi connectivity index (χ0n) is 16.6. The molecule has 1 amide bonds. The van der Waals surface area contributed by atoms with Crippen molar-refractivity contribution in [2.24, 2.45) is 0 Å². The first-order chi connectivity index (χ1) is 14.3. The number of thiophene rings is 1. The van der Waals surface area contributed by atoms with Crippen LogP contribution in [0.1, 0.15) is 37.4 Å². The first-order valence-corrected chi connectivity index (χ1v) is 11.9. The molecule has 0 bridgehead atoms. The smallest absolute Gasteiger partial charge is 0.410 e. The number of fused-ring (bicyclic) bond motifs is 1. The minimum absolute atomic E-state index is 0.000638. The molecule has 3 rings (SSSR count). The van der Waals surface area contributed by atoms with Gasteiger partial charge in [-0.05, 0) is 50.4 Å². The van der Waals surface area contributed by atoms with Gasteiger partial charge < -0.3 is 5.11 Å². The van der Waals surface area contributed by atoms with E-state index in [1.165, 1.54) is 23.5 Å². The van der Waals surface area contributed by atoms with Crippen molar-refractivity contribution in [3.05, 3.63) is 51.2 Å². The van der Waals surface area contributed by atoms with E-state index >= 15 is 0 Å². The number of nitrogens with one attached hydrogen (secondary N) is 3. The third-order valence-electron chi connectivity index (χ3n) is 3.79. The number of nitrogens with zero attached hydrogens (tertiary/aromatic N) is 2. The fraction of sp³-hybridized carbons (Fsp3) is 0.278. The van der Waals surface area contributed by atoms with E-state index in [0.29, 0.717) is 9.58 Å². The lowest BCUT2D eigenvalue weighted by Crippen LogP contribution is -2.48. The number of halogens is 2. The Morgan fingerprint density at radius 2 is 1.94 bits per heavy atom. The number of anilines is 1. The standard InChI is InChI=1S/C18H19Cl2N5O4S2/c1-18(2,3)25-31(28,29)24-14(11-8-9-6-7-21-16(20)15(9)30-11)13-10(19)4-5-12(22-13)23-17(26)27/h4-8,14,24-25H,1-3H3,(H,22,23)(H,26,27)/t14-/m0/s1. The summed E-state index contributed by atoms with van der Waals surface area (Å²) >= 11 is 13.8. The largest absolute Gasteiger partial charge is 0.465 e. The van der Waals surface area contributed by atoms with Crippen LogP contribution in [0, 0.1) is 0 Å². The molecule has 0 saturated heterocycles. The normalized spacial score (nSPS) is 13.3. The fourth-order valence-electron chi connectivity index (χ4n) is 2.77. The molecule has 1 atom stereocenters. The van der Waals surface area contributed by atoms with E-state index < -0.39 is 27.9 Å². The maximum Gasteiger partial charge on any atom is 0.410 e. The van der Waals surface area contributed by atoms with Gasteiger partial charge in [0, 0.05) is 16.6 Å². The highest BCUT2D eigenvalue weighted by Crippen LogP contribution is 2.38. The summed E-state index contributed by atoms with van der Waals surface area (Å²) in [5.41, 5.74) is -0.615. The molecule has 0 fully saturated rings. The van der Waals surface area contributed by atoms with E-state index in [9.17, 15) is 13.2 Å². The quantitative estimate of drug-likeness (QED) is 0.368. The van der Waals surface area contributed by atoms with Crippen molar-refractivity contribution in [2.45, 2.75) is 32.4 Å². The predicted molar refractivity (Wildman–Crippen MR) is 122 cm³/mol. The maximum atomic E-state index is 12.8. The van der Waals surface area contributed by atoms with E-state index in [1.54, 1.807) is 39.1 Å². The number of pyridine rings is 2. The summed E-state index contributed by atoms with van der Waals surface area (Å²) in [6.07, 6.45) is 0.233. The Hall–Kier alpha value is -2.02. The lowest BCUT2D eigenvalue weighted by molar-refractivity contribution is 0.209. The van der Waals surface area contributed by atoms with Gasteiger partial charge in [-0.25, -0.2) is 14.8 Å². The topological polar surface area (TPSA) is 133 Å². The summed E-state index contributed by atoms with van der Waals surface area (Å²) in [4.78, 5) is 19.9. The Bertz CT molecular complexity index is 1240. The van der Waals surface area contributed by atoms with Crippen LogP contribution in [0.4, 0.5) is 10.6 Å². The van der Waals surface area contributed by atoms with E-state index in [4.69, 9.17) is 28.3 Å². The molecule has 4 N–H and O–H groups in total. The molecule has 3 aromatic heterocycles. The number of hydrogen-bond donors (Lipinski definition) is 4. The molecule has 0 spiro atoms. The van der Waals surface area contributed by atoms with Crippen molar-refractivity contribution in [3.8, 4) is 0 Å². The van der Waals surface area contributed by atoms with Crippen molar-refractivity contribution < 1.29 is 18.3 Å². The second kappa shape index (κ2) is 8.85. The Labute approximate surface area is 193 Å². The first kappa shape index (κ1) is 23.6. The number of carbonyl (C=O) groups is 1. The highest BCUT2D eigenvalue weighted by molar-refractivity contribution is 7.87.